The molecule has 0 saturated carbocycles. The van der Waals surface area contributed by atoms with Gasteiger partial charge in [0, 0.05) is 13.0 Å². The van der Waals surface area contributed by atoms with E-state index in [0.29, 0.717) is 25.7 Å². The molecule has 0 fully saturated rings. The van der Waals surface area contributed by atoms with E-state index in [2.05, 4.69) is 10.3 Å². The number of aliphatic imine (C=N–C) groups is 1. The fourth-order valence-corrected chi connectivity index (χ4v) is 1.41. The van der Waals surface area contributed by atoms with Gasteiger partial charge in [-0.15, -0.1) is 0 Å². The van der Waals surface area contributed by atoms with Crippen LogP contribution in [0.3, 0.4) is 0 Å². The van der Waals surface area contributed by atoms with Crippen LogP contribution in [0, 0.1) is 0 Å². The first-order valence-electron chi connectivity index (χ1n) is 6.21. The Hall–Kier alpha value is -2.16. The lowest BCUT2D eigenvalue weighted by Gasteiger charge is -2.16. The Kier molecular flexibility index (Phi) is 8.68. The highest BCUT2D eigenvalue weighted by Crippen LogP contribution is 1.99. The molecule has 0 heterocycles. The molecule has 0 aromatic heterocycles. The molecule has 2 atom stereocenters. The fraction of sp³-hybridized carbons (Fsp3) is 0.636. The molecule has 0 aliphatic rings. The van der Waals surface area contributed by atoms with Crippen LogP contribution in [0.2, 0.25) is 0 Å². The van der Waals surface area contributed by atoms with E-state index in [1.807, 2.05) is 0 Å². The van der Waals surface area contributed by atoms with Gasteiger partial charge in [0.2, 0.25) is 11.8 Å². The quantitative estimate of drug-likeness (QED) is 0.126. The fourth-order valence-electron chi connectivity index (χ4n) is 1.41. The summed E-state index contributed by atoms with van der Waals surface area (Å²) >= 11 is 0. The minimum absolute atomic E-state index is 0.0187. The number of aldehydes is 1. The average Bonchev–Trinajstić information content (AvgIpc) is 2.38. The Morgan fingerprint density at radius 2 is 1.85 bits per heavy atom. The highest BCUT2D eigenvalue weighted by Gasteiger charge is 2.17. The summed E-state index contributed by atoms with van der Waals surface area (Å²) < 4.78 is 0. The molecule has 0 radical (unpaired) electrons. The Bertz CT molecular complexity index is 367. The molecular weight excluding hydrogens is 264 g/mol. The third-order valence-corrected chi connectivity index (χ3v) is 2.50. The van der Waals surface area contributed by atoms with Crippen LogP contribution in [0.15, 0.2) is 4.99 Å². The molecule has 0 saturated heterocycles. The second-order valence-electron chi connectivity index (χ2n) is 4.31. The Morgan fingerprint density at radius 1 is 1.20 bits per heavy atom. The molecular formula is C11H22N6O3. The van der Waals surface area contributed by atoms with Crippen molar-refractivity contribution in [3.05, 3.63) is 0 Å². The zero-order chi connectivity index (χ0) is 15.5. The molecule has 9 heteroatoms. The van der Waals surface area contributed by atoms with Gasteiger partial charge in [0.25, 0.3) is 0 Å². The molecule has 0 unspecified atom stereocenters. The summed E-state index contributed by atoms with van der Waals surface area (Å²) in [7, 11) is 0. The number of hydrogen-bond donors (Lipinski definition) is 5. The van der Waals surface area contributed by atoms with Crippen molar-refractivity contribution >= 4 is 24.1 Å². The molecule has 9 N–H and O–H groups in total. The van der Waals surface area contributed by atoms with E-state index in [-0.39, 0.29) is 18.8 Å². The molecule has 0 aliphatic carbocycles. The highest BCUT2D eigenvalue weighted by atomic mass is 16.2. The van der Waals surface area contributed by atoms with Crippen molar-refractivity contribution in [2.75, 3.05) is 6.54 Å². The molecule has 9 nitrogen and oxygen atoms in total. The van der Waals surface area contributed by atoms with Gasteiger partial charge >= 0.3 is 0 Å². The molecule has 114 valence electrons. The predicted octanol–water partition coefficient (Wildman–Crippen LogP) is -2.68. The number of hydrogen-bond acceptors (Lipinski definition) is 5. The Labute approximate surface area is 117 Å². The SMILES string of the molecule is NC(=O)CC[C@H](N)C(=O)N[C@H](C=O)CCCN=C(N)N. The van der Waals surface area contributed by atoms with Crippen molar-refractivity contribution in [3.63, 3.8) is 0 Å². The number of primary amides is 1. The van der Waals surface area contributed by atoms with Crippen LogP contribution in [0.1, 0.15) is 25.7 Å². The topological polar surface area (TPSA) is 180 Å². The predicted molar refractivity (Wildman–Crippen MR) is 74.3 cm³/mol. The first-order valence-corrected chi connectivity index (χ1v) is 6.21. The summed E-state index contributed by atoms with van der Waals surface area (Å²) in [6.45, 7) is 0.371. The van der Waals surface area contributed by atoms with Crippen molar-refractivity contribution < 1.29 is 14.4 Å². The molecule has 2 amide bonds. The van der Waals surface area contributed by atoms with Crippen molar-refractivity contribution in [2.24, 2.45) is 27.9 Å². The molecule has 0 spiro atoms. The third kappa shape index (κ3) is 8.86. The number of carbonyl (C=O) groups excluding carboxylic acids is 3. The lowest BCUT2D eigenvalue weighted by atomic mass is 10.1. The van der Waals surface area contributed by atoms with E-state index in [9.17, 15) is 14.4 Å². The maximum Gasteiger partial charge on any atom is 0.237 e. The normalized spacial score (nSPS) is 13.1. The smallest absolute Gasteiger partial charge is 0.237 e. The molecule has 20 heavy (non-hydrogen) atoms. The number of guanidine groups is 1. The van der Waals surface area contributed by atoms with Crippen LogP contribution >= 0.6 is 0 Å². The van der Waals surface area contributed by atoms with E-state index in [0.717, 1.165) is 0 Å². The zero-order valence-electron chi connectivity index (χ0n) is 11.2. The van der Waals surface area contributed by atoms with E-state index in [1.54, 1.807) is 0 Å². The van der Waals surface area contributed by atoms with Gasteiger partial charge in [0.1, 0.15) is 6.29 Å². The monoisotopic (exact) mass is 286 g/mol. The van der Waals surface area contributed by atoms with Gasteiger partial charge in [-0.05, 0) is 19.3 Å². The summed E-state index contributed by atoms with van der Waals surface area (Å²) in [4.78, 5) is 36.8. The lowest BCUT2D eigenvalue weighted by Crippen LogP contribution is -2.46. The van der Waals surface area contributed by atoms with Crippen LogP contribution in [-0.4, -0.2) is 42.7 Å². The molecule has 0 rings (SSSR count). The summed E-state index contributed by atoms with van der Waals surface area (Å²) in [6, 6.07) is -1.53. The van der Waals surface area contributed by atoms with Gasteiger partial charge in [-0.25, -0.2) is 0 Å². The van der Waals surface area contributed by atoms with E-state index in [4.69, 9.17) is 22.9 Å². The van der Waals surface area contributed by atoms with Gasteiger partial charge in [-0.2, -0.15) is 0 Å². The van der Waals surface area contributed by atoms with E-state index in [1.165, 1.54) is 0 Å². The Morgan fingerprint density at radius 3 is 2.35 bits per heavy atom. The van der Waals surface area contributed by atoms with Crippen LogP contribution < -0.4 is 28.3 Å². The van der Waals surface area contributed by atoms with Crippen molar-refractivity contribution in [2.45, 2.75) is 37.8 Å². The minimum atomic E-state index is -0.873. The molecule has 0 aromatic carbocycles. The summed E-state index contributed by atoms with van der Waals surface area (Å²) in [5.41, 5.74) is 20.8. The molecule has 0 bridgehead atoms. The van der Waals surface area contributed by atoms with Crippen LogP contribution in [-0.2, 0) is 14.4 Å². The number of rotatable bonds is 10. The molecule has 0 aliphatic heterocycles. The first-order chi connectivity index (χ1) is 9.36. The number of amides is 2. The van der Waals surface area contributed by atoms with Crippen LogP contribution in [0.25, 0.3) is 0 Å². The van der Waals surface area contributed by atoms with Crippen molar-refractivity contribution in [3.8, 4) is 0 Å². The maximum atomic E-state index is 11.7. The Balaban J connectivity index is 4.08. The third-order valence-electron chi connectivity index (χ3n) is 2.50. The van der Waals surface area contributed by atoms with Crippen LogP contribution in [0.4, 0.5) is 0 Å². The number of nitrogens with zero attached hydrogens (tertiary/aromatic N) is 1. The van der Waals surface area contributed by atoms with E-state index >= 15 is 0 Å². The van der Waals surface area contributed by atoms with Gasteiger partial charge in [0.15, 0.2) is 5.96 Å². The van der Waals surface area contributed by atoms with Crippen LogP contribution in [0.5, 0.6) is 0 Å². The van der Waals surface area contributed by atoms with Crippen molar-refractivity contribution in [1.82, 2.24) is 5.32 Å². The standard InChI is InChI=1S/C11H22N6O3/c12-8(3-4-9(13)19)10(20)17-7(6-18)2-1-5-16-11(14)15/h6-8H,1-5,12H2,(H2,13,19)(H,17,20)(H4,14,15,16)/t7-,8-/m0/s1. The first kappa shape index (κ1) is 17.8. The second-order valence-corrected chi connectivity index (χ2v) is 4.31. The van der Waals surface area contributed by atoms with E-state index < -0.39 is 23.9 Å². The number of nitrogens with two attached hydrogens (primary N) is 4. The number of nitrogens with one attached hydrogen (secondary N) is 1. The minimum Gasteiger partial charge on any atom is -0.370 e. The zero-order valence-corrected chi connectivity index (χ0v) is 11.2. The molecule has 0 aromatic rings. The second kappa shape index (κ2) is 9.73. The summed E-state index contributed by atoms with van der Waals surface area (Å²) in [6.07, 6.45) is 1.71. The van der Waals surface area contributed by atoms with Crippen molar-refractivity contribution in [1.29, 1.82) is 0 Å². The van der Waals surface area contributed by atoms with Gasteiger partial charge < -0.3 is 33.0 Å². The highest BCUT2D eigenvalue weighted by molar-refractivity contribution is 5.85. The lowest BCUT2D eigenvalue weighted by molar-refractivity contribution is -0.125. The summed E-state index contributed by atoms with van der Waals surface area (Å²) in [5, 5.41) is 2.48. The van der Waals surface area contributed by atoms with Gasteiger partial charge in [0.05, 0.1) is 12.1 Å². The number of carbonyl (C=O) groups is 3. The average molecular weight is 286 g/mol. The van der Waals surface area contributed by atoms with Gasteiger partial charge in [-0.3, -0.25) is 14.6 Å². The largest absolute Gasteiger partial charge is 0.370 e. The maximum absolute atomic E-state index is 11.7. The summed E-state index contributed by atoms with van der Waals surface area (Å²) in [5.74, 6) is -1.05. The van der Waals surface area contributed by atoms with Gasteiger partial charge in [-0.1, -0.05) is 0 Å².